The molecule has 22 heavy (non-hydrogen) atoms. The molecule has 0 aliphatic carbocycles. The molecule has 0 fully saturated rings. The van der Waals surface area contributed by atoms with Gasteiger partial charge in [0.25, 0.3) is 0 Å². The van der Waals surface area contributed by atoms with E-state index in [1.54, 1.807) is 0 Å². The molecule has 5 nitrogen and oxygen atoms in total. The SMILES string of the molecule is C=CCOC(=O)N[C@@H](CC(=O)O)c1cccc(C(F)(F)F)c1. The van der Waals surface area contributed by atoms with Crippen LogP contribution in [0.3, 0.4) is 0 Å². The van der Waals surface area contributed by atoms with Gasteiger partial charge in [0.05, 0.1) is 18.0 Å². The van der Waals surface area contributed by atoms with Crippen molar-refractivity contribution in [3.05, 3.63) is 48.0 Å². The molecule has 2 N–H and O–H groups in total. The Bertz CT molecular complexity index is 557. The van der Waals surface area contributed by atoms with E-state index in [2.05, 4.69) is 16.6 Å². The van der Waals surface area contributed by atoms with E-state index in [0.717, 1.165) is 18.2 Å². The molecule has 0 radical (unpaired) electrons. The van der Waals surface area contributed by atoms with Gasteiger partial charge in [0.15, 0.2) is 0 Å². The first-order valence-electron chi connectivity index (χ1n) is 6.17. The predicted octanol–water partition coefficient (Wildman–Crippen LogP) is 3.13. The quantitative estimate of drug-likeness (QED) is 0.790. The normalized spacial score (nSPS) is 12.3. The average Bonchev–Trinajstić information content (AvgIpc) is 2.43. The lowest BCUT2D eigenvalue weighted by atomic mass is 10.0. The fourth-order valence-corrected chi connectivity index (χ4v) is 1.68. The molecule has 0 aromatic heterocycles. The molecule has 0 aliphatic heterocycles. The van der Waals surface area contributed by atoms with Crippen molar-refractivity contribution < 1.29 is 32.6 Å². The van der Waals surface area contributed by atoms with Crippen LogP contribution in [-0.2, 0) is 15.7 Å². The van der Waals surface area contributed by atoms with Crippen LogP contribution in [0.25, 0.3) is 0 Å². The average molecular weight is 317 g/mol. The van der Waals surface area contributed by atoms with Crippen molar-refractivity contribution in [2.45, 2.75) is 18.6 Å². The maximum Gasteiger partial charge on any atom is 0.416 e. The molecule has 1 aromatic rings. The van der Waals surface area contributed by atoms with E-state index in [-0.39, 0.29) is 12.2 Å². The van der Waals surface area contributed by atoms with E-state index in [4.69, 9.17) is 5.11 Å². The molecule has 0 bridgehead atoms. The van der Waals surface area contributed by atoms with Crippen LogP contribution in [0.2, 0.25) is 0 Å². The Kier molecular flexibility index (Phi) is 5.97. The Morgan fingerprint density at radius 2 is 2.09 bits per heavy atom. The van der Waals surface area contributed by atoms with Crippen molar-refractivity contribution >= 4 is 12.1 Å². The first-order chi connectivity index (χ1) is 10.2. The van der Waals surface area contributed by atoms with Gasteiger partial charge in [0.1, 0.15) is 6.61 Å². The van der Waals surface area contributed by atoms with E-state index >= 15 is 0 Å². The van der Waals surface area contributed by atoms with Crippen molar-refractivity contribution in [1.29, 1.82) is 0 Å². The van der Waals surface area contributed by atoms with Crippen molar-refractivity contribution in [3.63, 3.8) is 0 Å². The number of halogens is 3. The van der Waals surface area contributed by atoms with Gasteiger partial charge in [-0.05, 0) is 17.7 Å². The maximum atomic E-state index is 12.7. The topological polar surface area (TPSA) is 75.6 Å². The molecule has 0 aliphatic rings. The first kappa shape index (κ1) is 17.5. The number of alkyl carbamates (subject to hydrolysis) is 1. The number of carbonyl (C=O) groups excluding carboxylic acids is 1. The predicted molar refractivity (Wildman–Crippen MR) is 71.1 cm³/mol. The minimum atomic E-state index is -4.56. The molecule has 1 rings (SSSR count). The van der Waals surface area contributed by atoms with E-state index in [1.165, 1.54) is 12.1 Å². The third-order valence-electron chi connectivity index (χ3n) is 2.62. The summed E-state index contributed by atoms with van der Waals surface area (Å²) in [5.41, 5.74) is -0.908. The molecular weight excluding hydrogens is 303 g/mol. The number of hydrogen-bond donors (Lipinski definition) is 2. The summed E-state index contributed by atoms with van der Waals surface area (Å²) in [5.74, 6) is -1.27. The van der Waals surface area contributed by atoms with Crippen molar-refractivity contribution in [2.75, 3.05) is 6.61 Å². The van der Waals surface area contributed by atoms with Crippen molar-refractivity contribution in [1.82, 2.24) is 5.32 Å². The van der Waals surface area contributed by atoms with Crippen LogP contribution in [-0.4, -0.2) is 23.8 Å². The molecule has 120 valence electrons. The van der Waals surface area contributed by atoms with Crippen LogP contribution in [0.4, 0.5) is 18.0 Å². The lowest BCUT2D eigenvalue weighted by Gasteiger charge is -2.18. The molecule has 0 unspecified atom stereocenters. The maximum absolute atomic E-state index is 12.7. The van der Waals surface area contributed by atoms with Gasteiger partial charge in [-0.2, -0.15) is 13.2 Å². The summed E-state index contributed by atoms with van der Waals surface area (Å²) in [6.45, 7) is 3.23. The molecule has 8 heteroatoms. The number of rotatable bonds is 6. The van der Waals surface area contributed by atoms with E-state index in [0.29, 0.717) is 0 Å². The van der Waals surface area contributed by atoms with Gasteiger partial charge in [-0.3, -0.25) is 4.79 Å². The Labute approximate surface area is 124 Å². The summed E-state index contributed by atoms with van der Waals surface area (Å²) in [6.07, 6.45) is -4.78. The van der Waals surface area contributed by atoms with E-state index < -0.39 is 36.3 Å². The third-order valence-corrected chi connectivity index (χ3v) is 2.62. The zero-order valence-electron chi connectivity index (χ0n) is 11.4. The van der Waals surface area contributed by atoms with Crippen LogP contribution in [0.15, 0.2) is 36.9 Å². The smallest absolute Gasteiger partial charge is 0.416 e. The lowest BCUT2D eigenvalue weighted by molar-refractivity contribution is -0.138. The highest BCUT2D eigenvalue weighted by Gasteiger charge is 2.31. The summed E-state index contributed by atoms with van der Waals surface area (Å²) in [4.78, 5) is 22.3. The standard InChI is InChI=1S/C14H14F3NO4/c1-2-6-22-13(21)18-11(8-12(19)20)9-4-3-5-10(7-9)14(15,16)17/h2-5,7,11H,1,6,8H2,(H,18,21)(H,19,20)/t11-/m0/s1. The van der Waals surface area contributed by atoms with Crippen LogP contribution in [0, 0.1) is 0 Å². The molecule has 0 saturated heterocycles. The number of amides is 1. The second-order valence-electron chi connectivity index (χ2n) is 4.31. The molecule has 0 saturated carbocycles. The second kappa shape index (κ2) is 7.48. The molecule has 0 spiro atoms. The number of alkyl halides is 3. The fourth-order valence-electron chi connectivity index (χ4n) is 1.68. The summed E-state index contributed by atoms with van der Waals surface area (Å²) in [6, 6.07) is 2.95. The van der Waals surface area contributed by atoms with Crippen LogP contribution in [0.5, 0.6) is 0 Å². The largest absolute Gasteiger partial charge is 0.481 e. The van der Waals surface area contributed by atoms with E-state index in [1.807, 2.05) is 0 Å². The number of ether oxygens (including phenoxy) is 1. The van der Waals surface area contributed by atoms with E-state index in [9.17, 15) is 22.8 Å². The van der Waals surface area contributed by atoms with Gasteiger partial charge in [-0.25, -0.2) is 4.79 Å². The second-order valence-corrected chi connectivity index (χ2v) is 4.31. The highest BCUT2D eigenvalue weighted by atomic mass is 19.4. The highest BCUT2D eigenvalue weighted by molar-refractivity contribution is 5.72. The van der Waals surface area contributed by atoms with Gasteiger partial charge >= 0.3 is 18.2 Å². The van der Waals surface area contributed by atoms with Crippen molar-refractivity contribution in [3.8, 4) is 0 Å². The summed E-state index contributed by atoms with van der Waals surface area (Å²) < 4.78 is 42.7. The number of benzene rings is 1. The van der Waals surface area contributed by atoms with Gasteiger partial charge in [0.2, 0.25) is 0 Å². The van der Waals surface area contributed by atoms with Gasteiger partial charge < -0.3 is 15.2 Å². The minimum absolute atomic E-state index is 0.0211. The minimum Gasteiger partial charge on any atom is -0.481 e. The number of nitrogens with one attached hydrogen (secondary N) is 1. The van der Waals surface area contributed by atoms with Gasteiger partial charge in [-0.15, -0.1) is 0 Å². The fraction of sp³-hybridized carbons (Fsp3) is 0.286. The lowest BCUT2D eigenvalue weighted by Crippen LogP contribution is -2.31. The number of carbonyl (C=O) groups is 2. The summed E-state index contributed by atoms with van der Waals surface area (Å²) >= 11 is 0. The summed E-state index contributed by atoms with van der Waals surface area (Å²) in [5, 5.41) is 11.1. The van der Waals surface area contributed by atoms with Gasteiger partial charge in [-0.1, -0.05) is 24.8 Å². The van der Waals surface area contributed by atoms with Crippen LogP contribution >= 0.6 is 0 Å². The molecule has 1 aromatic carbocycles. The third kappa shape index (κ3) is 5.47. The van der Waals surface area contributed by atoms with Crippen LogP contribution < -0.4 is 5.32 Å². The van der Waals surface area contributed by atoms with Gasteiger partial charge in [0, 0.05) is 0 Å². The van der Waals surface area contributed by atoms with Crippen molar-refractivity contribution in [2.24, 2.45) is 0 Å². The number of hydrogen-bond acceptors (Lipinski definition) is 3. The highest BCUT2D eigenvalue weighted by Crippen LogP contribution is 2.31. The molecule has 1 amide bonds. The monoisotopic (exact) mass is 317 g/mol. The summed E-state index contributed by atoms with van der Waals surface area (Å²) in [7, 11) is 0. The Morgan fingerprint density at radius 1 is 1.41 bits per heavy atom. The molecule has 1 atom stereocenters. The zero-order chi connectivity index (χ0) is 16.8. The Morgan fingerprint density at radius 3 is 2.64 bits per heavy atom. The number of aliphatic carboxylic acids is 1. The first-order valence-corrected chi connectivity index (χ1v) is 6.17. The molecule has 0 heterocycles. The zero-order valence-corrected chi connectivity index (χ0v) is 11.4. The Hall–Kier alpha value is -2.51. The van der Waals surface area contributed by atoms with Crippen LogP contribution in [0.1, 0.15) is 23.6 Å². The number of carboxylic acids is 1. The Balaban J connectivity index is 2.98. The number of carboxylic acid groups (broad SMARTS) is 1. The molecular formula is C14H14F3NO4.